The van der Waals surface area contributed by atoms with E-state index < -0.39 is 11.0 Å². The zero-order valence-corrected chi connectivity index (χ0v) is 9.15. The molecule has 0 aromatic heterocycles. The first-order valence-corrected chi connectivity index (χ1v) is 2.89. The molecule has 0 rings (SSSR count). The molecule has 0 radical (unpaired) electrons. The van der Waals surface area contributed by atoms with Crippen LogP contribution in [0.15, 0.2) is 0 Å². The predicted octanol–water partition coefficient (Wildman–Crippen LogP) is -2.36. The summed E-state index contributed by atoms with van der Waals surface area (Å²) in [6.07, 6.45) is -0.238. The van der Waals surface area contributed by atoms with E-state index >= 15 is 0 Å². The summed E-state index contributed by atoms with van der Waals surface area (Å²) >= 11 is 0. The molecule has 0 spiro atoms. The van der Waals surface area contributed by atoms with Crippen molar-refractivity contribution in [3.8, 4) is 0 Å². The van der Waals surface area contributed by atoms with Crippen molar-refractivity contribution in [2.45, 2.75) is 20.0 Å². The Morgan fingerprint density at radius 1 is 1.38 bits per heavy atom. The molecule has 0 aliphatic rings. The van der Waals surface area contributed by atoms with Gasteiger partial charge in [-0.25, -0.2) is 0 Å². The van der Waals surface area contributed by atoms with Crippen LogP contribution in [0, 0.1) is 0 Å². The minimum Gasteiger partial charge on any atom is -0.422 e. The Morgan fingerprint density at radius 2 is 1.75 bits per heavy atom. The summed E-state index contributed by atoms with van der Waals surface area (Å²) in [7, 11) is -2.35. The third-order valence-corrected chi connectivity index (χ3v) is 0.813. The normalized spacial score (nSPS) is 9.50. The largest absolute Gasteiger partial charge is 1.00 e. The molecule has 44 valence electrons. The molecular formula is C3H7KO3S. The maximum Gasteiger partial charge on any atom is 1.00 e. The summed E-state index contributed by atoms with van der Waals surface area (Å²) in [4.78, 5) is 0. The Hall–Kier alpha value is 1.55. The minimum atomic E-state index is -2.35. The smallest absolute Gasteiger partial charge is 0.422 e. The zero-order chi connectivity index (χ0) is 5.86. The van der Waals surface area contributed by atoms with Crippen LogP contribution in [0.5, 0.6) is 0 Å². The average molecular weight is 162 g/mol. The third-order valence-electron chi connectivity index (χ3n) is 0.271. The van der Waals surface area contributed by atoms with Gasteiger partial charge in [-0.1, -0.05) is 0 Å². The molecular weight excluding hydrogens is 155 g/mol. The first-order chi connectivity index (χ1) is 3.13. The van der Waals surface area contributed by atoms with Gasteiger partial charge in [-0.05, 0) is 13.8 Å². The third kappa shape index (κ3) is 10.5. The molecule has 0 unspecified atom stereocenters. The van der Waals surface area contributed by atoms with Crippen LogP contribution in [0.1, 0.15) is 13.8 Å². The Kier molecular flexibility index (Phi) is 10.2. The fourth-order valence-electron chi connectivity index (χ4n) is 0.157. The fraction of sp³-hybridized carbons (Fsp3) is 1.00. The first kappa shape index (κ1) is 12.2. The van der Waals surface area contributed by atoms with Crippen molar-refractivity contribution in [1.82, 2.24) is 0 Å². The van der Waals surface area contributed by atoms with E-state index in [9.17, 15) is 8.42 Å². The van der Waals surface area contributed by atoms with Crippen molar-refractivity contribution < 1.29 is 64.0 Å². The van der Waals surface area contributed by atoms with Gasteiger partial charge in [-0.15, -0.1) is 0 Å². The molecule has 0 fully saturated rings. The topological polar surface area (TPSA) is 43.4 Å². The van der Waals surface area contributed by atoms with E-state index in [-0.39, 0.29) is 57.5 Å². The Morgan fingerprint density at radius 3 is 1.75 bits per heavy atom. The van der Waals surface area contributed by atoms with E-state index in [0.717, 1.165) is 0 Å². The summed E-state index contributed by atoms with van der Waals surface area (Å²) in [6.45, 7) is 3.30. The standard InChI is InChI=1S/C3H7O3S.K/c1-3(2)6-7(4)5;/h3H,1-2H3;/q-1;+1. The van der Waals surface area contributed by atoms with Gasteiger partial charge in [0, 0.05) is 6.10 Å². The van der Waals surface area contributed by atoms with Crippen molar-refractivity contribution in [3.05, 3.63) is 0 Å². The van der Waals surface area contributed by atoms with Crippen molar-refractivity contribution in [2.75, 3.05) is 0 Å². The summed E-state index contributed by atoms with van der Waals surface area (Å²) in [6, 6.07) is 0. The van der Waals surface area contributed by atoms with Crippen LogP contribution in [-0.2, 0) is 23.6 Å². The van der Waals surface area contributed by atoms with Crippen LogP contribution < -0.4 is 51.4 Å². The summed E-state index contributed by atoms with van der Waals surface area (Å²) in [5, 5.41) is 0. The monoisotopic (exact) mass is 162 g/mol. The van der Waals surface area contributed by atoms with Gasteiger partial charge < -0.3 is 12.6 Å². The number of hydrogen-bond acceptors (Lipinski definition) is 4. The van der Waals surface area contributed by atoms with Crippen LogP contribution in [0.2, 0.25) is 0 Å². The Labute approximate surface area is 93.4 Å². The van der Waals surface area contributed by atoms with Gasteiger partial charge in [0.25, 0.3) is 0 Å². The molecule has 0 aromatic rings. The van der Waals surface area contributed by atoms with E-state index in [1.165, 1.54) is 0 Å². The molecule has 8 heavy (non-hydrogen) atoms. The van der Waals surface area contributed by atoms with E-state index in [1.807, 2.05) is 0 Å². The van der Waals surface area contributed by atoms with E-state index in [4.69, 9.17) is 0 Å². The van der Waals surface area contributed by atoms with Gasteiger partial charge in [-0.2, -0.15) is 0 Å². The Balaban J connectivity index is 0. The number of rotatable bonds is 2. The molecule has 0 amide bonds. The van der Waals surface area contributed by atoms with E-state index in [0.29, 0.717) is 0 Å². The molecule has 0 aliphatic carbocycles. The van der Waals surface area contributed by atoms with Crippen molar-refractivity contribution >= 4 is 11.0 Å². The second-order valence-electron chi connectivity index (χ2n) is 1.35. The number of hydrogen-bond donors (Lipinski definition) is 0. The van der Waals surface area contributed by atoms with Gasteiger partial charge in [-0.3, -0.25) is 0 Å². The molecule has 3 nitrogen and oxygen atoms in total. The zero-order valence-electron chi connectivity index (χ0n) is 5.21. The molecule has 0 N–H and O–H groups in total. The van der Waals surface area contributed by atoms with Crippen LogP contribution >= 0.6 is 0 Å². The van der Waals surface area contributed by atoms with Gasteiger partial charge in [0.1, 0.15) is 0 Å². The molecule has 0 heterocycles. The van der Waals surface area contributed by atoms with Crippen molar-refractivity contribution in [1.29, 1.82) is 0 Å². The van der Waals surface area contributed by atoms with Gasteiger partial charge in [0.05, 0.1) is 11.0 Å². The van der Waals surface area contributed by atoms with E-state index in [1.54, 1.807) is 13.8 Å². The van der Waals surface area contributed by atoms with Gasteiger partial charge >= 0.3 is 51.4 Å². The molecule has 0 saturated heterocycles. The maximum atomic E-state index is 9.59. The summed E-state index contributed by atoms with van der Waals surface area (Å²) < 4.78 is 23.3. The average Bonchev–Trinajstić information content (AvgIpc) is 1.27. The molecule has 0 bridgehead atoms. The van der Waals surface area contributed by atoms with Crippen LogP contribution in [0.25, 0.3) is 0 Å². The second-order valence-corrected chi connectivity index (χ2v) is 1.95. The van der Waals surface area contributed by atoms with Crippen LogP contribution in [0.3, 0.4) is 0 Å². The SMILES string of the molecule is CC(C)O[S-](=O)=O.[K+]. The second kappa shape index (κ2) is 6.66. The minimum absolute atomic E-state index is 0. The quantitative estimate of drug-likeness (QED) is 0.337. The van der Waals surface area contributed by atoms with Gasteiger partial charge in [0.15, 0.2) is 0 Å². The molecule has 0 atom stereocenters. The summed E-state index contributed by atoms with van der Waals surface area (Å²) in [5.41, 5.74) is 0. The van der Waals surface area contributed by atoms with Gasteiger partial charge in [0.2, 0.25) is 0 Å². The van der Waals surface area contributed by atoms with Crippen LogP contribution in [0.4, 0.5) is 0 Å². The van der Waals surface area contributed by atoms with Crippen LogP contribution in [-0.4, -0.2) is 6.10 Å². The van der Waals surface area contributed by atoms with E-state index in [2.05, 4.69) is 4.18 Å². The molecule has 0 saturated carbocycles. The van der Waals surface area contributed by atoms with Crippen molar-refractivity contribution in [2.24, 2.45) is 0 Å². The first-order valence-electron chi connectivity index (χ1n) is 1.89. The predicted molar refractivity (Wildman–Crippen MR) is 25.0 cm³/mol. The Bertz CT molecular complexity index is 101. The molecule has 0 aromatic carbocycles. The fourth-order valence-corrected chi connectivity index (χ4v) is 0.471. The molecule has 5 heteroatoms. The maximum absolute atomic E-state index is 9.59. The van der Waals surface area contributed by atoms with Crippen molar-refractivity contribution in [3.63, 3.8) is 0 Å². The molecule has 0 aliphatic heterocycles. The summed E-state index contributed by atoms with van der Waals surface area (Å²) in [5.74, 6) is 0.